The van der Waals surface area contributed by atoms with Gasteiger partial charge in [0.15, 0.2) is 0 Å². The minimum Gasteiger partial charge on any atom is -0.456 e. The lowest BCUT2D eigenvalue weighted by molar-refractivity contribution is 0.430. The number of allylic oxidation sites excluding steroid dienone is 3. The predicted octanol–water partition coefficient (Wildman–Crippen LogP) is 4.18. The van der Waals surface area contributed by atoms with Crippen LogP contribution in [0.25, 0.3) is 0 Å². The first-order valence-electron chi connectivity index (χ1n) is 7.19. The number of hydrogen-bond acceptors (Lipinski definition) is 2. The van der Waals surface area contributed by atoms with Crippen LogP contribution in [0.3, 0.4) is 0 Å². The molecule has 0 amide bonds. The van der Waals surface area contributed by atoms with Crippen LogP contribution in [0.2, 0.25) is 0 Å². The molecule has 3 heteroatoms. The van der Waals surface area contributed by atoms with Crippen LogP contribution >= 0.6 is 7.92 Å². The van der Waals surface area contributed by atoms with Gasteiger partial charge in [0.2, 0.25) is 0 Å². The number of benzene rings is 2. The van der Waals surface area contributed by atoms with Crippen molar-refractivity contribution in [3.8, 4) is 17.2 Å². The first-order valence-corrected chi connectivity index (χ1v) is 8.53. The predicted molar refractivity (Wildman–Crippen MR) is 85.2 cm³/mol. The molecule has 2 heterocycles. The Labute approximate surface area is 124 Å². The summed E-state index contributed by atoms with van der Waals surface area (Å²) in [4.78, 5) is 0. The van der Waals surface area contributed by atoms with Gasteiger partial charge < -0.3 is 9.47 Å². The fourth-order valence-electron chi connectivity index (χ4n) is 3.20. The third kappa shape index (κ3) is 1.57. The average molecular weight is 292 g/mol. The maximum Gasteiger partial charge on any atom is 0.139 e. The molecule has 0 radical (unpaired) electrons. The van der Waals surface area contributed by atoms with Crippen molar-refractivity contribution in [2.45, 2.75) is 12.8 Å². The topological polar surface area (TPSA) is 18.5 Å². The van der Waals surface area contributed by atoms with Crippen molar-refractivity contribution in [3.05, 3.63) is 65.7 Å². The second-order valence-electron chi connectivity index (χ2n) is 5.36. The lowest BCUT2D eigenvalue weighted by Gasteiger charge is -2.36. The number of hydrogen-bond donors (Lipinski definition) is 0. The molecule has 3 aliphatic rings. The lowest BCUT2D eigenvalue weighted by atomic mass is 10.1. The van der Waals surface area contributed by atoms with Gasteiger partial charge in [-0.25, -0.2) is 0 Å². The van der Waals surface area contributed by atoms with Crippen molar-refractivity contribution in [1.29, 1.82) is 0 Å². The highest BCUT2D eigenvalue weighted by Gasteiger charge is 2.37. The highest BCUT2D eigenvalue weighted by molar-refractivity contribution is 7.77. The number of ether oxygens (including phenoxy) is 2. The van der Waals surface area contributed by atoms with Crippen LogP contribution in [0.1, 0.15) is 12.8 Å². The number of fused-ring (bicyclic) bond motifs is 3. The van der Waals surface area contributed by atoms with Crippen molar-refractivity contribution < 1.29 is 9.47 Å². The van der Waals surface area contributed by atoms with Crippen LogP contribution in [0.15, 0.2) is 65.7 Å². The normalized spacial score (nSPS) is 20.9. The standard InChI is InChI=1S/C18H13O2P/c1-3-10-16-12(6-1)19-14-8-5-9-15-18(14)21(16)17-11-4-2-7-13(17)20-15/h1-3,5-10H,4,11H2. The zero-order chi connectivity index (χ0) is 13.8. The highest BCUT2D eigenvalue weighted by Crippen LogP contribution is 2.58. The van der Waals surface area contributed by atoms with Crippen molar-refractivity contribution >= 4 is 18.5 Å². The summed E-state index contributed by atoms with van der Waals surface area (Å²) in [7, 11) is -0.514. The molecule has 0 spiro atoms. The Bertz CT molecular complexity index is 820. The Morgan fingerprint density at radius 2 is 1.67 bits per heavy atom. The Morgan fingerprint density at radius 1 is 0.857 bits per heavy atom. The molecular weight excluding hydrogens is 279 g/mol. The summed E-state index contributed by atoms with van der Waals surface area (Å²) in [5.41, 5.74) is 0. The van der Waals surface area contributed by atoms with Gasteiger partial charge in [0.05, 0.1) is 5.30 Å². The summed E-state index contributed by atoms with van der Waals surface area (Å²) in [5, 5.41) is 4.02. The molecule has 2 aromatic rings. The van der Waals surface area contributed by atoms with Gasteiger partial charge >= 0.3 is 0 Å². The maximum absolute atomic E-state index is 6.13. The second kappa shape index (κ2) is 4.22. The fourth-order valence-corrected chi connectivity index (χ4v) is 5.95. The molecule has 1 aliphatic carbocycles. The summed E-state index contributed by atoms with van der Waals surface area (Å²) < 4.78 is 12.2. The van der Waals surface area contributed by atoms with Gasteiger partial charge in [-0.2, -0.15) is 0 Å². The summed E-state index contributed by atoms with van der Waals surface area (Å²) in [6.45, 7) is 0. The number of para-hydroxylation sites is 1. The van der Waals surface area contributed by atoms with Crippen LogP contribution < -0.4 is 20.1 Å². The molecule has 2 aromatic carbocycles. The van der Waals surface area contributed by atoms with Crippen LogP contribution in [-0.4, -0.2) is 0 Å². The van der Waals surface area contributed by atoms with E-state index in [0.717, 1.165) is 35.8 Å². The van der Waals surface area contributed by atoms with Crippen molar-refractivity contribution in [2.24, 2.45) is 0 Å². The zero-order valence-electron chi connectivity index (χ0n) is 11.4. The van der Waals surface area contributed by atoms with Gasteiger partial charge in [-0.05, 0) is 45.0 Å². The second-order valence-corrected chi connectivity index (χ2v) is 7.50. The van der Waals surface area contributed by atoms with E-state index in [1.807, 2.05) is 12.1 Å². The molecule has 1 unspecified atom stereocenters. The third-order valence-corrected chi connectivity index (χ3v) is 6.83. The van der Waals surface area contributed by atoms with Gasteiger partial charge in [0.1, 0.15) is 23.0 Å². The van der Waals surface area contributed by atoms with Gasteiger partial charge in [0.25, 0.3) is 0 Å². The summed E-state index contributed by atoms with van der Waals surface area (Å²) >= 11 is 0. The van der Waals surface area contributed by atoms with E-state index in [1.165, 1.54) is 15.9 Å². The summed E-state index contributed by atoms with van der Waals surface area (Å²) in [6, 6.07) is 14.5. The van der Waals surface area contributed by atoms with E-state index >= 15 is 0 Å². The van der Waals surface area contributed by atoms with E-state index < -0.39 is 7.92 Å². The van der Waals surface area contributed by atoms with Crippen molar-refractivity contribution in [2.75, 3.05) is 0 Å². The van der Waals surface area contributed by atoms with E-state index in [1.54, 1.807) is 0 Å². The largest absolute Gasteiger partial charge is 0.456 e. The third-order valence-electron chi connectivity index (χ3n) is 4.10. The maximum atomic E-state index is 6.13. The van der Waals surface area contributed by atoms with E-state index in [-0.39, 0.29) is 0 Å². The molecule has 2 aliphatic heterocycles. The lowest BCUT2D eigenvalue weighted by Crippen LogP contribution is -2.27. The van der Waals surface area contributed by atoms with Crippen LogP contribution in [-0.2, 0) is 0 Å². The monoisotopic (exact) mass is 292 g/mol. The van der Waals surface area contributed by atoms with Crippen molar-refractivity contribution in [1.82, 2.24) is 0 Å². The molecule has 0 saturated carbocycles. The molecule has 21 heavy (non-hydrogen) atoms. The average Bonchev–Trinajstić information content (AvgIpc) is 2.54. The van der Waals surface area contributed by atoms with Gasteiger partial charge in [-0.15, -0.1) is 0 Å². The molecule has 2 nitrogen and oxygen atoms in total. The number of rotatable bonds is 0. The molecule has 1 atom stereocenters. The fraction of sp³-hybridized carbons (Fsp3) is 0.111. The minimum absolute atomic E-state index is 0.514. The molecule has 102 valence electrons. The van der Waals surface area contributed by atoms with Gasteiger partial charge in [-0.3, -0.25) is 0 Å². The quantitative estimate of drug-likeness (QED) is 0.678. The van der Waals surface area contributed by atoms with E-state index in [4.69, 9.17) is 9.47 Å². The molecule has 0 aromatic heterocycles. The Kier molecular flexibility index (Phi) is 2.33. The van der Waals surface area contributed by atoms with Crippen molar-refractivity contribution in [3.63, 3.8) is 0 Å². The molecule has 0 N–H and O–H groups in total. The van der Waals surface area contributed by atoms with Crippen LogP contribution in [0, 0.1) is 0 Å². The smallest absolute Gasteiger partial charge is 0.139 e. The molecule has 0 saturated heterocycles. The molecule has 0 bridgehead atoms. The minimum atomic E-state index is -0.514. The van der Waals surface area contributed by atoms with Crippen LogP contribution in [0.4, 0.5) is 0 Å². The zero-order valence-corrected chi connectivity index (χ0v) is 12.3. The molecule has 0 fully saturated rings. The van der Waals surface area contributed by atoms with E-state index in [9.17, 15) is 0 Å². The van der Waals surface area contributed by atoms with Gasteiger partial charge in [-0.1, -0.05) is 30.3 Å². The Hall–Kier alpha value is -2.05. The summed E-state index contributed by atoms with van der Waals surface area (Å²) in [5.74, 6) is 3.96. The Balaban J connectivity index is 1.83. The van der Waals surface area contributed by atoms with E-state index in [2.05, 4.69) is 42.5 Å². The first-order chi connectivity index (χ1) is 10.4. The Morgan fingerprint density at radius 3 is 2.62 bits per heavy atom. The first kappa shape index (κ1) is 11.6. The highest BCUT2D eigenvalue weighted by atomic mass is 31.1. The van der Waals surface area contributed by atoms with Gasteiger partial charge in [0, 0.05) is 10.6 Å². The molecule has 5 rings (SSSR count). The summed E-state index contributed by atoms with van der Waals surface area (Å²) in [6.07, 6.45) is 6.52. The molecular formula is C18H13O2P. The SMILES string of the molecule is C1=CC2=C(CC1)P1c3ccccc3Oc3cccc(c31)O2. The van der Waals surface area contributed by atoms with Crippen LogP contribution in [0.5, 0.6) is 17.2 Å². The van der Waals surface area contributed by atoms with E-state index in [0.29, 0.717) is 0 Å².